The number of carboxylic acid groups (broad SMARTS) is 1. The summed E-state index contributed by atoms with van der Waals surface area (Å²) in [6, 6.07) is 5.05. The van der Waals surface area contributed by atoms with Crippen molar-refractivity contribution in [3.63, 3.8) is 0 Å². The third-order valence-electron chi connectivity index (χ3n) is 3.62. The van der Waals surface area contributed by atoms with Crippen LogP contribution in [-0.2, 0) is 20.8 Å². The minimum Gasteiger partial charge on any atom is -0.481 e. The summed E-state index contributed by atoms with van der Waals surface area (Å²) in [5.41, 5.74) is 0.461. The predicted octanol–water partition coefficient (Wildman–Crippen LogP) is 0.948. The predicted molar refractivity (Wildman–Crippen MR) is 88.1 cm³/mol. The highest BCUT2D eigenvalue weighted by Gasteiger charge is 2.33. The normalized spacial score (nSPS) is 21.7. The Hall–Kier alpha value is -2.09. The molecule has 3 atom stereocenters. The molecule has 24 heavy (non-hydrogen) atoms. The summed E-state index contributed by atoms with van der Waals surface area (Å²) in [7, 11) is 0. The van der Waals surface area contributed by atoms with Gasteiger partial charge in [0.25, 0.3) is 0 Å². The number of halogens is 1. The van der Waals surface area contributed by atoms with E-state index < -0.39 is 29.2 Å². The van der Waals surface area contributed by atoms with Crippen LogP contribution < -0.4 is 10.6 Å². The largest absolute Gasteiger partial charge is 0.481 e. The van der Waals surface area contributed by atoms with Crippen molar-refractivity contribution >= 4 is 29.5 Å². The summed E-state index contributed by atoms with van der Waals surface area (Å²) in [4.78, 5) is 34.8. The number of hydrogen-bond acceptors (Lipinski definition) is 4. The van der Waals surface area contributed by atoms with Gasteiger partial charge in [0, 0.05) is 11.8 Å². The quantitative estimate of drug-likeness (QED) is 0.707. The lowest BCUT2D eigenvalue weighted by atomic mass is 10.1. The maximum absolute atomic E-state index is 13.7. The lowest BCUT2D eigenvalue weighted by Gasteiger charge is -2.29. The lowest BCUT2D eigenvalue weighted by Crippen LogP contribution is -2.55. The van der Waals surface area contributed by atoms with E-state index >= 15 is 0 Å². The van der Waals surface area contributed by atoms with E-state index in [0.29, 0.717) is 11.3 Å². The molecule has 6 nitrogen and oxygen atoms in total. The smallest absolute Gasteiger partial charge is 0.305 e. The Morgan fingerprint density at radius 2 is 2.17 bits per heavy atom. The maximum Gasteiger partial charge on any atom is 0.305 e. The molecule has 1 fully saturated rings. The van der Waals surface area contributed by atoms with Gasteiger partial charge in [0.05, 0.1) is 11.7 Å². The van der Waals surface area contributed by atoms with Crippen LogP contribution >= 0.6 is 11.8 Å². The van der Waals surface area contributed by atoms with Gasteiger partial charge in [-0.1, -0.05) is 18.2 Å². The molecule has 3 unspecified atom stereocenters. The Morgan fingerprint density at radius 3 is 2.79 bits per heavy atom. The van der Waals surface area contributed by atoms with Crippen LogP contribution in [0.15, 0.2) is 24.3 Å². The molecule has 1 saturated heterocycles. The second-order valence-corrected chi connectivity index (χ2v) is 6.92. The van der Waals surface area contributed by atoms with E-state index in [-0.39, 0.29) is 24.6 Å². The topological polar surface area (TPSA) is 95.5 Å². The lowest BCUT2D eigenvalue weighted by molar-refractivity contribution is -0.137. The molecule has 1 aliphatic rings. The molecular weight excluding hydrogens is 335 g/mol. The molecule has 130 valence electrons. The average molecular weight is 354 g/mol. The van der Waals surface area contributed by atoms with E-state index in [1.54, 1.807) is 25.1 Å². The van der Waals surface area contributed by atoms with E-state index in [4.69, 9.17) is 5.11 Å². The minimum absolute atomic E-state index is 0.185. The van der Waals surface area contributed by atoms with Gasteiger partial charge in [-0.25, -0.2) is 4.39 Å². The second-order valence-electron chi connectivity index (χ2n) is 5.69. The molecule has 2 amide bonds. The molecular formula is C16H19FN2O4S. The van der Waals surface area contributed by atoms with Gasteiger partial charge in [-0.3, -0.25) is 14.4 Å². The van der Waals surface area contributed by atoms with Crippen molar-refractivity contribution < 1.29 is 23.9 Å². The van der Waals surface area contributed by atoms with Crippen LogP contribution in [0.4, 0.5) is 4.39 Å². The highest BCUT2D eigenvalue weighted by molar-refractivity contribution is 8.00. The first kappa shape index (κ1) is 18.3. The van der Waals surface area contributed by atoms with Gasteiger partial charge in [0.15, 0.2) is 0 Å². The van der Waals surface area contributed by atoms with Crippen LogP contribution in [0.3, 0.4) is 0 Å². The van der Waals surface area contributed by atoms with Crippen molar-refractivity contribution in [2.45, 2.75) is 37.1 Å². The summed E-state index contributed by atoms with van der Waals surface area (Å²) in [6.07, 6.45) is 0.0718. The van der Waals surface area contributed by atoms with E-state index in [0.717, 1.165) is 0 Å². The van der Waals surface area contributed by atoms with Crippen LogP contribution in [0.2, 0.25) is 0 Å². The number of benzene rings is 1. The molecule has 0 radical (unpaired) electrons. The average Bonchev–Trinajstić information content (AvgIpc) is 2.50. The number of thioether (sulfide) groups is 1. The first-order chi connectivity index (χ1) is 11.4. The van der Waals surface area contributed by atoms with Crippen LogP contribution in [0, 0.1) is 5.82 Å². The highest BCUT2D eigenvalue weighted by atomic mass is 32.2. The van der Waals surface area contributed by atoms with E-state index in [1.165, 1.54) is 17.8 Å². The highest BCUT2D eigenvalue weighted by Crippen LogP contribution is 2.23. The number of aliphatic carboxylic acids is 1. The van der Waals surface area contributed by atoms with Crippen molar-refractivity contribution in [3.05, 3.63) is 35.6 Å². The van der Waals surface area contributed by atoms with Crippen molar-refractivity contribution in [1.29, 1.82) is 0 Å². The number of carbonyl (C=O) groups is 3. The van der Waals surface area contributed by atoms with Crippen molar-refractivity contribution in [1.82, 2.24) is 10.6 Å². The standard InChI is InChI=1S/C16H19FN2O4S/c1-9(6-14(20)21)18-15(22)12-8-24-13(16(23)19-12)7-10-4-2-3-5-11(10)17/h2-5,9,12-13H,6-8H2,1H3,(H,18,22)(H,19,23)(H,20,21). The number of nitrogens with one attached hydrogen (secondary N) is 2. The minimum atomic E-state index is -1.00. The number of carbonyl (C=O) groups excluding carboxylic acids is 2. The molecule has 0 aliphatic carbocycles. The fraction of sp³-hybridized carbons (Fsp3) is 0.438. The maximum atomic E-state index is 13.7. The molecule has 1 aliphatic heterocycles. The molecule has 1 aromatic rings. The molecule has 1 heterocycles. The van der Waals surface area contributed by atoms with Gasteiger partial charge in [-0.05, 0) is 25.0 Å². The Bertz CT molecular complexity index is 640. The number of hydrogen-bond donors (Lipinski definition) is 3. The molecule has 8 heteroatoms. The number of rotatable bonds is 6. The molecule has 3 N–H and O–H groups in total. The molecule has 2 rings (SSSR count). The van der Waals surface area contributed by atoms with Gasteiger partial charge in [0.2, 0.25) is 11.8 Å². The first-order valence-electron chi connectivity index (χ1n) is 7.54. The van der Waals surface area contributed by atoms with Crippen molar-refractivity contribution in [2.24, 2.45) is 0 Å². The monoisotopic (exact) mass is 354 g/mol. The fourth-order valence-corrected chi connectivity index (χ4v) is 3.58. The van der Waals surface area contributed by atoms with Crippen LogP contribution in [-0.4, -0.2) is 46.0 Å². The Kier molecular flexibility index (Phi) is 6.19. The molecule has 0 spiro atoms. The Balaban J connectivity index is 1.88. The molecule has 0 aromatic heterocycles. The van der Waals surface area contributed by atoms with E-state index in [1.807, 2.05) is 0 Å². The Labute approximate surface area is 143 Å². The van der Waals surface area contributed by atoms with Gasteiger partial charge >= 0.3 is 5.97 Å². The SMILES string of the molecule is CC(CC(=O)O)NC(=O)C1CSC(Cc2ccccc2F)C(=O)N1. The fourth-order valence-electron chi connectivity index (χ4n) is 2.41. The summed E-state index contributed by atoms with van der Waals surface area (Å²) < 4.78 is 13.7. The summed E-state index contributed by atoms with van der Waals surface area (Å²) in [6.45, 7) is 1.59. The van der Waals surface area contributed by atoms with Crippen LogP contribution in [0.1, 0.15) is 18.9 Å². The molecule has 1 aromatic carbocycles. The van der Waals surface area contributed by atoms with Gasteiger partial charge < -0.3 is 15.7 Å². The van der Waals surface area contributed by atoms with Crippen LogP contribution in [0.5, 0.6) is 0 Å². The van der Waals surface area contributed by atoms with Gasteiger partial charge in [0.1, 0.15) is 11.9 Å². The first-order valence-corrected chi connectivity index (χ1v) is 8.59. The third kappa shape index (κ3) is 4.95. The molecule has 0 bridgehead atoms. The summed E-state index contributed by atoms with van der Waals surface area (Å²) in [5, 5.41) is 13.4. The zero-order valence-electron chi connectivity index (χ0n) is 13.1. The van der Waals surface area contributed by atoms with Crippen molar-refractivity contribution in [3.8, 4) is 0 Å². The third-order valence-corrected chi connectivity index (χ3v) is 4.93. The van der Waals surface area contributed by atoms with Crippen LogP contribution in [0.25, 0.3) is 0 Å². The number of carboxylic acids is 1. The van der Waals surface area contributed by atoms with Gasteiger partial charge in [-0.15, -0.1) is 11.8 Å². The zero-order chi connectivity index (χ0) is 17.7. The van der Waals surface area contributed by atoms with Gasteiger partial charge in [-0.2, -0.15) is 0 Å². The zero-order valence-corrected chi connectivity index (χ0v) is 13.9. The Morgan fingerprint density at radius 1 is 1.46 bits per heavy atom. The van der Waals surface area contributed by atoms with E-state index in [9.17, 15) is 18.8 Å². The van der Waals surface area contributed by atoms with E-state index in [2.05, 4.69) is 10.6 Å². The summed E-state index contributed by atoms with van der Waals surface area (Å²) >= 11 is 1.30. The van der Waals surface area contributed by atoms with Crippen molar-refractivity contribution in [2.75, 3.05) is 5.75 Å². The number of amides is 2. The summed E-state index contributed by atoms with van der Waals surface area (Å²) in [5.74, 6) is -1.73. The molecule has 0 saturated carbocycles. The second kappa shape index (κ2) is 8.14.